The van der Waals surface area contributed by atoms with Gasteiger partial charge >= 0.3 is 13.7 Å². The number of hydrogen-bond donors (Lipinski definition) is 3. The van der Waals surface area contributed by atoms with Crippen molar-refractivity contribution in [1.82, 2.24) is 24.6 Å². The lowest BCUT2D eigenvalue weighted by atomic mass is 9.99. The highest BCUT2D eigenvalue weighted by molar-refractivity contribution is 7.51. The van der Waals surface area contributed by atoms with Gasteiger partial charge in [-0.15, -0.1) is 0 Å². The van der Waals surface area contributed by atoms with Gasteiger partial charge in [0.15, 0.2) is 17.4 Å². The molecule has 4 heterocycles. The van der Waals surface area contributed by atoms with Crippen LogP contribution in [0.1, 0.15) is 33.9 Å². The van der Waals surface area contributed by atoms with Gasteiger partial charge in [-0.2, -0.15) is 9.97 Å². The van der Waals surface area contributed by atoms with E-state index in [1.165, 1.54) is 17.8 Å². The Balaban J connectivity index is 1.48. The number of carbonyl (C=O) groups excluding carboxylic acids is 1. The molecule has 0 aliphatic carbocycles. The van der Waals surface area contributed by atoms with Crippen LogP contribution in [0.4, 0.5) is 5.95 Å². The normalized spacial score (nSPS) is 30.2. The third kappa shape index (κ3) is 4.88. The van der Waals surface area contributed by atoms with E-state index in [4.69, 9.17) is 29.0 Å². The zero-order valence-corrected chi connectivity index (χ0v) is 20.2. The number of ether oxygens (including phenoxy) is 3. The molecule has 2 saturated heterocycles. The fourth-order valence-electron chi connectivity index (χ4n) is 3.81. The maximum atomic E-state index is 13.1. The molecule has 2 aromatic heterocycles. The molecule has 34 heavy (non-hydrogen) atoms. The first-order valence-corrected chi connectivity index (χ1v) is 12.5. The summed E-state index contributed by atoms with van der Waals surface area (Å²) in [5.41, 5.74) is 6.53. The number of imidazole rings is 1. The smallest absolute Gasteiger partial charge is 0.406 e. The van der Waals surface area contributed by atoms with Gasteiger partial charge < -0.3 is 25.1 Å². The highest BCUT2D eigenvalue weighted by Gasteiger charge is 2.49. The van der Waals surface area contributed by atoms with Gasteiger partial charge in [0.25, 0.3) is 0 Å². The summed E-state index contributed by atoms with van der Waals surface area (Å²) >= 11 is 0. The number of nitrogens with one attached hydrogen (secondary N) is 1. The molecule has 6 atom stereocenters. The van der Waals surface area contributed by atoms with E-state index in [2.05, 4.69) is 20.0 Å². The van der Waals surface area contributed by atoms with Gasteiger partial charge in [-0.1, -0.05) is 0 Å². The van der Waals surface area contributed by atoms with Crippen LogP contribution >= 0.6 is 7.75 Å². The second-order valence-electron chi connectivity index (χ2n) is 8.29. The Hall–Kier alpha value is -2.35. The Bertz CT molecular complexity index is 1100. The van der Waals surface area contributed by atoms with Crippen molar-refractivity contribution in [3.8, 4) is 5.88 Å². The standard InChI is InChI=1S/C19H29N6O8P/c1-5-29-16-13-15(22-19(20)23-16)25(8-21-13)17-14(26)11-6-30-34(28,31-7-12(11)33-17)24-10(4)18(27)32-9(2)3/h8-12,14,17,26H,5-7H2,1-4H3,(H,24,28)(H2,20,22,23)/t10-,11-,12-,14-,17-,34+/m1/s1. The fourth-order valence-corrected chi connectivity index (χ4v) is 5.33. The van der Waals surface area contributed by atoms with Crippen molar-refractivity contribution in [2.45, 2.75) is 58.3 Å². The van der Waals surface area contributed by atoms with Crippen molar-refractivity contribution in [3.63, 3.8) is 0 Å². The zero-order valence-electron chi connectivity index (χ0n) is 19.3. The molecule has 188 valence electrons. The number of esters is 1. The molecule has 0 aromatic carbocycles. The maximum Gasteiger partial charge on any atom is 0.406 e. The molecule has 4 N–H and O–H groups in total. The molecule has 0 amide bonds. The first-order chi connectivity index (χ1) is 16.1. The number of aliphatic hydroxyl groups excluding tert-OH is 1. The number of hydrogen-bond acceptors (Lipinski definition) is 12. The minimum absolute atomic E-state index is 0.0109. The lowest BCUT2D eigenvalue weighted by molar-refractivity contribution is -0.149. The highest BCUT2D eigenvalue weighted by atomic mass is 31.2. The number of aliphatic hydroxyl groups is 1. The average Bonchev–Trinajstić information content (AvgIpc) is 3.26. The predicted octanol–water partition coefficient (Wildman–Crippen LogP) is 0.766. The van der Waals surface area contributed by atoms with E-state index >= 15 is 0 Å². The Morgan fingerprint density at radius 3 is 2.79 bits per heavy atom. The molecule has 4 rings (SSSR count). The number of aromatic nitrogens is 4. The summed E-state index contributed by atoms with van der Waals surface area (Å²) < 4.78 is 42.2. The maximum absolute atomic E-state index is 13.1. The average molecular weight is 500 g/mol. The first-order valence-electron chi connectivity index (χ1n) is 11.0. The van der Waals surface area contributed by atoms with Crippen LogP contribution in [-0.4, -0.2) is 74.8 Å². The summed E-state index contributed by atoms with van der Waals surface area (Å²) in [7, 11) is -3.85. The van der Waals surface area contributed by atoms with Crippen molar-refractivity contribution >= 4 is 30.8 Å². The summed E-state index contributed by atoms with van der Waals surface area (Å²) in [6.45, 7) is 6.82. The lowest BCUT2D eigenvalue weighted by Crippen LogP contribution is -2.35. The van der Waals surface area contributed by atoms with Crippen LogP contribution < -0.4 is 15.6 Å². The molecule has 2 aromatic rings. The second-order valence-corrected chi connectivity index (χ2v) is 10.1. The van der Waals surface area contributed by atoms with Gasteiger partial charge in [-0.3, -0.25) is 18.4 Å². The van der Waals surface area contributed by atoms with E-state index < -0.39 is 44.1 Å². The van der Waals surface area contributed by atoms with Crippen molar-refractivity contribution < 1.29 is 37.7 Å². The summed E-state index contributed by atoms with van der Waals surface area (Å²) in [4.78, 5) is 24.6. The Morgan fingerprint density at radius 1 is 1.35 bits per heavy atom. The molecule has 2 aliphatic rings. The summed E-state index contributed by atoms with van der Waals surface area (Å²) in [6.07, 6.45) is -1.44. The molecular formula is C19H29N6O8P. The van der Waals surface area contributed by atoms with Gasteiger partial charge in [-0.05, 0) is 27.7 Å². The highest BCUT2D eigenvalue weighted by Crippen LogP contribution is 2.50. The number of nitrogen functional groups attached to an aromatic ring is 1. The largest absolute Gasteiger partial charge is 0.476 e. The van der Waals surface area contributed by atoms with Crippen LogP contribution in [0, 0.1) is 5.92 Å². The van der Waals surface area contributed by atoms with Crippen molar-refractivity contribution in [1.29, 1.82) is 0 Å². The van der Waals surface area contributed by atoms with Crippen LogP contribution in [0.2, 0.25) is 0 Å². The number of nitrogens with zero attached hydrogens (tertiary/aromatic N) is 4. The molecule has 2 aliphatic heterocycles. The van der Waals surface area contributed by atoms with E-state index in [0.717, 1.165) is 0 Å². The van der Waals surface area contributed by atoms with Crippen LogP contribution in [0.3, 0.4) is 0 Å². The topological polar surface area (TPSA) is 182 Å². The van der Waals surface area contributed by atoms with E-state index in [-0.39, 0.29) is 31.1 Å². The Labute approximate surface area is 195 Å². The molecule has 14 nitrogen and oxygen atoms in total. The van der Waals surface area contributed by atoms with Crippen LogP contribution in [0.25, 0.3) is 11.2 Å². The molecule has 0 radical (unpaired) electrons. The molecule has 0 bridgehead atoms. The van der Waals surface area contributed by atoms with Gasteiger partial charge in [0.05, 0.1) is 38.4 Å². The quantitative estimate of drug-likeness (QED) is 0.358. The second kappa shape index (κ2) is 9.72. The predicted molar refractivity (Wildman–Crippen MR) is 118 cm³/mol. The molecule has 0 unspecified atom stereocenters. The van der Waals surface area contributed by atoms with Gasteiger partial charge in [-0.25, -0.2) is 14.6 Å². The monoisotopic (exact) mass is 500 g/mol. The third-order valence-corrected chi connectivity index (χ3v) is 7.07. The van der Waals surface area contributed by atoms with Gasteiger partial charge in [0, 0.05) is 5.92 Å². The minimum atomic E-state index is -3.85. The molecular weight excluding hydrogens is 471 g/mol. The first kappa shape index (κ1) is 24.8. The van der Waals surface area contributed by atoms with Gasteiger partial charge in [0.2, 0.25) is 11.8 Å². The van der Waals surface area contributed by atoms with Crippen LogP contribution in [0.5, 0.6) is 5.88 Å². The molecule has 0 saturated carbocycles. The summed E-state index contributed by atoms with van der Waals surface area (Å²) in [6, 6.07) is -0.924. The SMILES string of the molecule is CCOc1nc(N)nc2c1ncn2[C@@H]1O[C@@H]2CO[P@](=O)(N[C@H](C)C(=O)OC(C)C)OC[C@H]2[C@H]1O. The van der Waals surface area contributed by atoms with Crippen molar-refractivity contribution in [2.24, 2.45) is 5.92 Å². The number of nitrogens with two attached hydrogens (primary N) is 1. The van der Waals surface area contributed by atoms with Crippen LogP contribution in [-0.2, 0) is 27.9 Å². The summed E-state index contributed by atoms with van der Waals surface area (Å²) in [5, 5.41) is 13.6. The van der Waals surface area contributed by atoms with Crippen molar-refractivity contribution in [2.75, 3.05) is 25.6 Å². The van der Waals surface area contributed by atoms with E-state index in [9.17, 15) is 14.5 Å². The van der Waals surface area contributed by atoms with Crippen LogP contribution in [0.15, 0.2) is 6.33 Å². The van der Waals surface area contributed by atoms with Gasteiger partial charge in [0.1, 0.15) is 12.1 Å². The summed E-state index contributed by atoms with van der Waals surface area (Å²) in [5.74, 6) is -0.932. The van der Waals surface area contributed by atoms with E-state index in [0.29, 0.717) is 17.8 Å². The molecule has 0 spiro atoms. The zero-order chi connectivity index (χ0) is 24.6. The number of anilines is 1. The van der Waals surface area contributed by atoms with E-state index in [1.807, 2.05) is 0 Å². The molecule has 2 fully saturated rings. The van der Waals surface area contributed by atoms with E-state index in [1.54, 1.807) is 20.8 Å². The molecule has 15 heteroatoms. The Morgan fingerprint density at radius 2 is 2.09 bits per heavy atom. The number of rotatable bonds is 7. The number of fused-ring (bicyclic) bond motifs is 2. The number of carbonyl (C=O) groups is 1. The minimum Gasteiger partial charge on any atom is -0.476 e. The lowest BCUT2D eigenvalue weighted by Gasteiger charge is -2.23. The Kier molecular flexibility index (Phi) is 7.08. The fraction of sp³-hybridized carbons (Fsp3) is 0.684. The van der Waals surface area contributed by atoms with Crippen molar-refractivity contribution in [3.05, 3.63) is 6.33 Å². The third-order valence-electron chi connectivity index (χ3n) is 5.39.